The van der Waals surface area contributed by atoms with Crippen molar-refractivity contribution < 1.29 is 13.2 Å². The lowest BCUT2D eigenvalue weighted by Gasteiger charge is -2.36. The average molecular weight is 255 g/mol. The normalized spacial score (nSPS) is 32.1. The van der Waals surface area contributed by atoms with Gasteiger partial charge in [-0.25, -0.2) is 0 Å². The molecule has 2 aliphatic rings. The number of halogens is 3. The first-order valence-electron chi connectivity index (χ1n) is 6.38. The molecule has 0 spiro atoms. The van der Waals surface area contributed by atoms with Crippen LogP contribution in [0.25, 0.3) is 0 Å². The minimum atomic E-state index is -4.28. The Labute approximate surface area is 104 Å². The molecule has 1 aromatic carbocycles. The minimum Gasteiger partial charge on any atom is -0.327 e. The van der Waals surface area contributed by atoms with Crippen molar-refractivity contribution in [2.45, 2.75) is 43.3 Å². The first kappa shape index (κ1) is 12.0. The van der Waals surface area contributed by atoms with E-state index in [4.69, 9.17) is 5.73 Å². The molecule has 4 heteroatoms. The fraction of sp³-hybridized carbons (Fsp3) is 0.571. The number of benzene rings is 1. The fourth-order valence-electron chi connectivity index (χ4n) is 3.36. The van der Waals surface area contributed by atoms with E-state index in [0.717, 1.165) is 19.3 Å². The van der Waals surface area contributed by atoms with E-state index in [0.29, 0.717) is 17.9 Å². The molecule has 2 saturated carbocycles. The summed E-state index contributed by atoms with van der Waals surface area (Å²) in [5.74, 6) is 0.344. The van der Waals surface area contributed by atoms with Gasteiger partial charge in [-0.2, -0.15) is 13.2 Å². The molecule has 0 aliphatic heterocycles. The summed E-state index contributed by atoms with van der Waals surface area (Å²) in [6, 6.07) is 5.84. The molecule has 0 radical (unpaired) electrons. The lowest BCUT2D eigenvalue weighted by molar-refractivity contribution is -0.138. The van der Waals surface area contributed by atoms with Gasteiger partial charge >= 0.3 is 6.18 Å². The van der Waals surface area contributed by atoms with Crippen molar-refractivity contribution in [3.63, 3.8) is 0 Å². The van der Waals surface area contributed by atoms with Crippen LogP contribution >= 0.6 is 0 Å². The average Bonchev–Trinajstić information content (AvgIpc) is 2.87. The van der Waals surface area contributed by atoms with Crippen LogP contribution in [0, 0.1) is 5.92 Å². The third-order valence-electron chi connectivity index (χ3n) is 4.63. The summed E-state index contributed by atoms with van der Waals surface area (Å²) in [6.45, 7) is 0. The molecule has 1 aromatic rings. The standard InChI is InChI=1S/C14H16F3N/c15-14(16,17)11-7-2-1-6-10(11)13(8-12(13)18)9-4-3-5-9/h1-2,6-7,9,12H,3-5,8,18H2/t12-,13?/m1/s1. The number of nitrogens with two attached hydrogens (primary N) is 1. The molecule has 98 valence electrons. The molecule has 0 heterocycles. The highest BCUT2D eigenvalue weighted by atomic mass is 19.4. The van der Waals surface area contributed by atoms with Crippen molar-refractivity contribution in [3.05, 3.63) is 35.4 Å². The molecule has 0 aromatic heterocycles. The molecule has 0 saturated heterocycles. The molecule has 2 atom stereocenters. The van der Waals surface area contributed by atoms with Crippen molar-refractivity contribution in [1.29, 1.82) is 0 Å². The van der Waals surface area contributed by atoms with Crippen LogP contribution in [0.3, 0.4) is 0 Å². The van der Waals surface area contributed by atoms with E-state index in [2.05, 4.69) is 0 Å². The van der Waals surface area contributed by atoms with Crippen molar-refractivity contribution in [2.24, 2.45) is 11.7 Å². The highest BCUT2D eigenvalue weighted by Gasteiger charge is 2.61. The van der Waals surface area contributed by atoms with Crippen molar-refractivity contribution in [3.8, 4) is 0 Å². The Morgan fingerprint density at radius 3 is 2.22 bits per heavy atom. The molecule has 1 unspecified atom stereocenters. The van der Waals surface area contributed by atoms with E-state index < -0.39 is 17.2 Å². The highest BCUT2D eigenvalue weighted by molar-refractivity contribution is 5.44. The first-order chi connectivity index (χ1) is 8.46. The summed E-state index contributed by atoms with van der Waals surface area (Å²) in [6.07, 6.45) is -0.437. The molecule has 1 nitrogen and oxygen atoms in total. The Kier molecular flexibility index (Phi) is 2.49. The topological polar surface area (TPSA) is 26.0 Å². The Hall–Kier alpha value is -1.03. The Morgan fingerprint density at radius 1 is 1.17 bits per heavy atom. The number of hydrogen-bond acceptors (Lipinski definition) is 1. The smallest absolute Gasteiger partial charge is 0.327 e. The van der Waals surface area contributed by atoms with Gasteiger partial charge in [-0.05, 0) is 36.8 Å². The number of rotatable bonds is 2. The van der Waals surface area contributed by atoms with Gasteiger partial charge in [0.05, 0.1) is 5.56 Å². The molecular formula is C14H16F3N. The SMILES string of the molecule is N[C@@H]1CC1(c1ccccc1C(F)(F)F)C1CCC1. The molecular weight excluding hydrogens is 239 g/mol. The first-order valence-corrected chi connectivity index (χ1v) is 6.38. The van der Waals surface area contributed by atoms with Gasteiger partial charge in [0.1, 0.15) is 0 Å². The molecule has 0 bridgehead atoms. The zero-order valence-corrected chi connectivity index (χ0v) is 10.0. The van der Waals surface area contributed by atoms with Crippen LogP contribution in [0.5, 0.6) is 0 Å². The highest BCUT2D eigenvalue weighted by Crippen LogP contribution is 2.60. The van der Waals surface area contributed by atoms with E-state index in [1.165, 1.54) is 12.1 Å². The van der Waals surface area contributed by atoms with Crippen LogP contribution < -0.4 is 5.73 Å². The summed E-state index contributed by atoms with van der Waals surface area (Å²) in [5.41, 5.74) is 5.52. The maximum atomic E-state index is 13.1. The largest absolute Gasteiger partial charge is 0.416 e. The maximum absolute atomic E-state index is 13.1. The summed E-state index contributed by atoms with van der Waals surface area (Å²) in [4.78, 5) is 0. The van der Waals surface area contributed by atoms with Crippen LogP contribution in [-0.4, -0.2) is 6.04 Å². The van der Waals surface area contributed by atoms with Gasteiger partial charge < -0.3 is 5.73 Å². The van der Waals surface area contributed by atoms with E-state index in [1.807, 2.05) is 0 Å². The van der Waals surface area contributed by atoms with Crippen LogP contribution in [0.15, 0.2) is 24.3 Å². The van der Waals surface area contributed by atoms with Gasteiger partial charge in [0.25, 0.3) is 0 Å². The monoisotopic (exact) mass is 255 g/mol. The van der Waals surface area contributed by atoms with Gasteiger partial charge in [0.2, 0.25) is 0 Å². The zero-order chi connectivity index (χ0) is 13.0. The van der Waals surface area contributed by atoms with Crippen LogP contribution in [0.2, 0.25) is 0 Å². The third kappa shape index (κ3) is 1.58. The van der Waals surface area contributed by atoms with Crippen LogP contribution in [-0.2, 0) is 11.6 Å². The van der Waals surface area contributed by atoms with Gasteiger partial charge in [-0.15, -0.1) is 0 Å². The van der Waals surface area contributed by atoms with Crippen LogP contribution in [0.4, 0.5) is 13.2 Å². The van der Waals surface area contributed by atoms with Gasteiger partial charge in [0.15, 0.2) is 0 Å². The zero-order valence-electron chi connectivity index (χ0n) is 10.0. The summed E-state index contributed by atoms with van der Waals surface area (Å²) < 4.78 is 39.2. The Morgan fingerprint density at radius 2 is 1.78 bits per heavy atom. The third-order valence-corrected chi connectivity index (χ3v) is 4.63. The maximum Gasteiger partial charge on any atom is 0.416 e. The molecule has 2 fully saturated rings. The van der Waals surface area contributed by atoms with Crippen molar-refractivity contribution in [2.75, 3.05) is 0 Å². The second kappa shape index (κ2) is 3.73. The fourth-order valence-corrected chi connectivity index (χ4v) is 3.36. The number of hydrogen-bond donors (Lipinski definition) is 1. The Balaban J connectivity index is 2.06. The van der Waals surface area contributed by atoms with E-state index >= 15 is 0 Å². The lowest BCUT2D eigenvalue weighted by atomic mass is 9.69. The predicted molar refractivity (Wildman–Crippen MR) is 63.1 cm³/mol. The van der Waals surface area contributed by atoms with Gasteiger partial charge in [-0.1, -0.05) is 24.6 Å². The van der Waals surface area contributed by atoms with E-state index in [9.17, 15) is 13.2 Å². The molecule has 3 rings (SSSR count). The van der Waals surface area contributed by atoms with E-state index in [-0.39, 0.29) is 6.04 Å². The summed E-state index contributed by atoms with van der Waals surface area (Å²) in [7, 11) is 0. The Bertz CT molecular complexity index is 464. The minimum absolute atomic E-state index is 0.105. The summed E-state index contributed by atoms with van der Waals surface area (Å²) in [5, 5.41) is 0. The number of alkyl halides is 3. The predicted octanol–water partition coefficient (Wildman–Crippen LogP) is 3.47. The molecule has 0 amide bonds. The second-order valence-electron chi connectivity index (χ2n) is 5.52. The molecule has 2 N–H and O–H groups in total. The summed E-state index contributed by atoms with van der Waals surface area (Å²) >= 11 is 0. The van der Waals surface area contributed by atoms with Crippen molar-refractivity contribution >= 4 is 0 Å². The van der Waals surface area contributed by atoms with Gasteiger partial charge in [-0.3, -0.25) is 0 Å². The van der Waals surface area contributed by atoms with Crippen LogP contribution in [0.1, 0.15) is 36.8 Å². The van der Waals surface area contributed by atoms with Gasteiger partial charge in [0, 0.05) is 11.5 Å². The molecule has 18 heavy (non-hydrogen) atoms. The molecule has 2 aliphatic carbocycles. The quantitative estimate of drug-likeness (QED) is 0.860. The second-order valence-corrected chi connectivity index (χ2v) is 5.52. The lowest BCUT2D eigenvalue weighted by Crippen LogP contribution is -2.34. The van der Waals surface area contributed by atoms with Crippen molar-refractivity contribution in [1.82, 2.24) is 0 Å². The van der Waals surface area contributed by atoms with E-state index in [1.54, 1.807) is 12.1 Å².